The molecule has 2 saturated heterocycles. The molecule has 4 nitrogen and oxygen atoms in total. The molecule has 0 aromatic carbocycles. The number of carbonyl (C=O) groups is 2. The van der Waals surface area contributed by atoms with Crippen LogP contribution in [0.4, 0.5) is 0 Å². The number of carbonyl (C=O) groups excluding carboxylic acids is 2. The molecule has 4 rings (SSSR count). The molecule has 1 saturated carbocycles. The monoisotopic (exact) mass is 250 g/mol. The zero-order chi connectivity index (χ0) is 11.6. The summed E-state index contributed by atoms with van der Waals surface area (Å²) in [4.78, 5) is 24.9. The fraction of sp³-hybridized carbons (Fsp3) is 0.500. The number of rotatable bonds is 2. The van der Waals surface area contributed by atoms with Crippen LogP contribution in [0.2, 0.25) is 0 Å². The van der Waals surface area contributed by atoms with E-state index in [1.165, 1.54) is 11.3 Å². The normalized spacial score (nSPS) is 42.4. The highest BCUT2D eigenvalue weighted by Gasteiger charge is 2.68. The lowest BCUT2D eigenvalue weighted by atomic mass is 10.1. The van der Waals surface area contributed by atoms with Crippen molar-refractivity contribution in [2.75, 3.05) is 6.61 Å². The van der Waals surface area contributed by atoms with Gasteiger partial charge in [-0.2, -0.15) is 0 Å². The first kappa shape index (κ1) is 9.94. The highest BCUT2D eigenvalue weighted by molar-refractivity contribution is 7.12. The minimum Gasteiger partial charge on any atom is -0.343 e. The second-order valence-electron chi connectivity index (χ2n) is 4.71. The molecule has 0 N–H and O–H groups in total. The van der Waals surface area contributed by atoms with Crippen LogP contribution in [0.3, 0.4) is 0 Å². The van der Waals surface area contributed by atoms with Crippen LogP contribution in [0.1, 0.15) is 9.67 Å². The molecule has 2 bridgehead atoms. The first-order valence-electron chi connectivity index (χ1n) is 5.66. The van der Waals surface area contributed by atoms with Gasteiger partial charge in [0.05, 0.1) is 17.6 Å². The van der Waals surface area contributed by atoms with E-state index in [1.54, 1.807) is 0 Å². The predicted molar refractivity (Wildman–Crippen MR) is 58.7 cm³/mol. The summed E-state index contributed by atoms with van der Waals surface area (Å²) in [5.41, 5.74) is 0. The topological polar surface area (TPSA) is 52.6 Å². The van der Waals surface area contributed by atoms with Crippen LogP contribution in [-0.2, 0) is 14.3 Å². The van der Waals surface area contributed by atoms with Crippen LogP contribution in [0.25, 0.3) is 0 Å². The van der Waals surface area contributed by atoms with Gasteiger partial charge < -0.3 is 9.47 Å². The summed E-state index contributed by atoms with van der Waals surface area (Å²) in [6, 6.07) is 3.68. The van der Waals surface area contributed by atoms with E-state index in [2.05, 4.69) is 0 Å². The molecule has 17 heavy (non-hydrogen) atoms. The van der Waals surface area contributed by atoms with E-state index < -0.39 is 6.29 Å². The van der Waals surface area contributed by atoms with Gasteiger partial charge in [0.25, 0.3) is 0 Å². The van der Waals surface area contributed by atoms with Crippen molar-refractivity contribution in [1.29, 1.82) is 0 Å². The minimum atomic E-state index is -0.706. The third-order valence-corrected chi connectivity index (χ3v) is 4.73. The molecule has 3 fully saturated rings. The van der Waals surface area contributed by atoms with E-state index in [4.69, 9.17) is 9.47 Å². The lowest BCUT2D eigenvalue weighted by molar-refractivity contribution is -0.153. The van der Waals surface area contributed by atoms with Crippen LogP contribution >= 0.6 is 11.3 Å². The molecule has 5 unspecified atom stereocenters. The number of thiophene rings is 1. The van der Waals surface area contributed by atoms with Crippen molar-refractivity contribution in [1.82, 2.24) is 0 Å². The maximum absolute atomic E-state index is 12.2. The molecule has 1 aromatic heterocycles. The highest BCUT2D eigenvalue weighted by atomic mass is 32.1. The van der Waals surface area contributed by atoms with Gasteiger partial charge >= 0.3 is 0 Å². The Balaban J connectivity index is 1.63. The van der Waals surface area contributed by atoms with Gasteiger partial charge in [0.15, 0.2) is 11.6 Å². The fourth-order valence-electron chi connectivity index (χ4n) is 3.01. The standard InChI is InChI=1S/C12H10O4S/c13-10(6-2-1-3-17-6)8-7-5-4-15-12(16-5)11(14)9(7)8/h1-3,5,7-9,12H,4H2. The van der Waals surface area contributed by atoms with Crippen molar-refractivity contribution in [2.45, 2.75) is 12.4 Å². The van der Waals surface area contributed by atoms with Gasteiger partial charge in [-0.05, 0) is 11.4 Å². The third kappa shape index (κ3) is 1.24. The van der Waals surface area contributed by atoms with Gasteiger partial charge in [-0.15, -0.1) is 11.3 Å². The Morgan fingerprint density at radius 3 is 3.12 bits per heavy atom. The molecule has 1 aliphatic carbocycles. The molecular weight excluding hydrogens is 240 g/mol. The largest absolute Gasteiger partial charge is 0.343 e. The molecule has 3 heterocycles. The Morgan fingerprint density at radius 1 is 1.47 bits per heavy atom. The first-order valence-corrected chi connectivity index (χ1v) is 6.54. The molecule has 88 valence electrons. The van der Waals surface area contributed by atoms with Crippen molar-refractivity contribution in [3.63, 3.8) is 0 Å². The van der Waals surface area contributed by atoms with Crippen molar-refractivity contribution in [3.8, 4) is 0 Å². The maximum atomic E-state index is 12.2. The molecule has 5 heteroatoms. The highest BCUT2D eigenvalue weighted by Crippen LogP contribution is 2.57. The molecule has 0 radical (unpaired) electrons. The number of Topliss-reactive ketones (excluding diaryl/α,β-unsaturated/α-hetero) is 2. The second-order valence-corrected chi connectivity index (χ2v) is 5.66. The summed E-state index contributed by atoms with van der Waals surface area (Å²) in [7, 11) is 0. The Morgan fingerprint density at radius 2 is 2.35 bits per heavy atom. The molecule has 5 atom stereocenters. The maximum Gasteiger partial charge on any atom is 0.218 e. The van der Waals surface area contributed by atoms with Gasteiger partial charge in [0.1, 0.15) is 0 Å². The van der Waals surface area contributed by atoms with E-state index >= 15 is 0 Å². The average molecular weight is 250 g/mol. The van der Waals surface area contributed by atoms with Crippen molar-refractivity contribution < 1.29 is 19.1 Å². The van der Waals surface area contributed by atoms with Gasteiger partial charge in [-0.3, -0.25) is 9.59 Å². The molecule has 1 aromatic rings. The minimum absolute atomic E-state index is 0.0429. The third-order valence-electron chi connectivity index (χ3n) is 3.84. The van der Waals surface area contributed by atoms with Crippen LogP contribution < -0.4 is 0 Å². The summed E-state index contributed by atoms with van der Waals surface area (Å²) in [5, 5.41) is 1.88. The van der Waals surface area contributed by atoms with Crippen molar-refractivity contribution >= 4 is 22.9 Å². The first-order chi connectivity index (χ1) is 8.27. The number of hydrogen-bond donors (Lipinski definition) is 0. The molecule has 0 amide bonds. The van der Waals surface area contributed by atoms with Crippen molar-refractivity contribution in [3.05, 3.63) is 22.4 Å². The van der Waals surface area contributed by atoms with Gasteiger partial charge in [-0.25, -0.2) is 0 Å². The lowest BCUT2D eigenvalue weighted by Gasteiger charge is -2.14. The fourth-order valence-corrected chi connectivity index (χ4v) is 3.73. The Kier molecular flexibility index (Phi) is 1.90. The van der Waals surface area contributed by atoms with Gasteiger partial charge in [0, 0.05) is 17.8 Å². The van der Waals surface area contributed by atoms with E-state index in [-0.39, 0.29) is 35.4 Å². The summed E-state index contributed by atoms with van der Waals surface area (Å²) in [5.74, 6) is -0.218. The van der Waals surface area contributed by atoms with Crippen LogP contribution in [0.15, 0.2) is 17.5 Å². The lowest BCUT2D eigenvalue weighted by Crippen LogP contribution is -2.30. The van der Waals surface area contributed by atoms with E-state index in [0.717, 1.165) is 4.88 Å². The van der Waals surface area contributed by atoms with Crippen molar-refractivity contribution in [2.24, 2.45) is 17.8 Å². The summed E-state index contributed by atoms with van der Waals surface area (Å²) in [6.45, 7) is 0.450. The molecule has 0 spiro atoms. The number of hydrogen-bond acceptors (Lipinski definition) is 5. The van der Waals surface area contributed by atoms with E-state index in [1.807, 2.05) is 17.5 Å². The van der Waals surface area contributed by atoms with Crippen LogP contribution in [0, 0.1) is 17.8 Å². The quantitative estimate of drug-likeness (QED) is 0.738. The zero-order valence-electron chi connectivity index (χ0n) is 8.87. The van der Waals surface area contributed by atoms with Crippen LogP contribution in [0.5, 0.6) is 0 Å². The SMILES string of the molecule is O=C(c1cccs1)C1C2C(=O)C3OCC(O3)C12. The average Bonchev–Trinajstić information content (AvgIpc) is 2.77. The Hall–Kier alpha value is -1.04. The number of fused-ring (bicyclic) bond motifs is 4. The molecular formula is C12H10O4S. The predicted octanol–water partition coefficient (Wildman–Crippen LogP) is 1.12. The Labute approximate surface area is 102 Å². The van der Waals surface area contributed by atoms with E-state index in [0.29, 0.717) is 6.61 Å². The second kappa shape index (κ2) is 3.25. The summed E-state index contributed by atoms with van der Waals surface area (Å²) >= 11 is 1.43. The Bertz CT molecular complexity index is 495. The molecule has 3 aliphatic rings. The van der Waals surface area contributed by atoms with Crippen LogP contribution in [-0.4, -0.2) is 30.6 Å². The molecule has 2 aliphatic heterocycles. The van der Waals surface area contributed by atoms with E-state index in [9.17, 15) is 9.59 Å². The van der Waals surface area contributed by atoms with Gasteiger partial charge in [0.2, 0.25) is 6.29 Å². The summed E-state index contributed by atoms with van der Waals surface area (Å²) in [6.07, 6.45) is -0.765. The summed E-state index contributed by atoms with van der Waals surface area (Å²) < 4.78 is 10.7. The smallest absolute Gasteiger partial charge is 0.218 e. The number of ketones is 2. The number of ether oxygens (including phenoxy) is 2. The van der Waals surface area contributed by atoms with Gasteiger partial charge in [-0.1, -0.05) is 6.07 Å². The zero-order valence-corrected chi connectivity index (χ0v) is 9.68.